The minimum Gasteiger partial charge on any atom is -0.479 e. The molecule has 1 aliphatic heterocycles. The maximum Gasteiger partial charge on any atom is 0.408 e. The molecule has 0 aromatic heterocycles. The van der Waals surface area contributed by atoms with Crippen LogP contribution in [0.1, 0.15) is 20.3 Å². The maximum absolute atomic E-state index is 11.4. The van der Waals surface area contributed by atoms with Crippen molar-refractivity contribution in [2.75, 3.05) is 19.8 Å². The number of hydrogen-bond acceptors (Lipinski definition) is 4. The van der Waals surface area contributed by atoms with Crippen LogP contribution in [0, 0.1) is 5.92 Å². The molecule has 92 valence electrons. The number of rotatable bonds is 4. The summed E-state index contributed by atoms with van der Waals surface area (Å²) in [5.41, 5.74) is -1.33. The second-order valence-electron chi connectivity index (χ2n) is 4.31. The molecule has 0 aliphatic carbocycles. The van der Waals surface area contributed by atoms with E-state index in [1.165, 1.54) is 0 Å². The molecule has 1 saturated heterocycles. The van der Waals surface area contributed by atoms with Crippen molar-refractivity contribution >= 4 is 12.1 Å². The molecule has 1 fully saturated rings. The van der Waals surface area contributed by atoms with Gasteiger partial charge in [0.25, 0.3) is 0 Å². The monoisotopic (exact) mass is 231 g/mol. The third kappa shape index (κ3) is 3.10. The third-order valence-corrected chi connectivity index (χ3v) is 2.32. The molecule has 0 bridgehead atoms. The molecule has 6 nitrogen and oxygen atoms in total. The van der Waals surface area contributed by atoms with Gasteiger partial charge in [-0.2, -0.15) is 0 Å². The minimum absolute atomic E-state index is 0.0148. The van der Waals surface area contributed by atoms with E-state index in [9.17, 15) is 9.59 Å². The number of carboxylic acid groups (broad SMARTS) is 1. The summed E-state index contributed by atoms with van der Waals surface area (Å²) in [5.74, 6) is -0.877. The lowest BCUT2D eigenvalue weighted by Gasteiger charge is -2.23. The van der Waals surface area contributed by atoms with Crippen LogP contribution in [0.4, 0.5) is 4.79 Å². The second kappa shape index (κ2) is 5.16. The Labute approximate surface area is 93.9 Å². The Balaban J connectivity index is 2.49. The summed E-state index contributed by atoms with van der Waals surface area (Å²) >= 11 is 0. The molecule has 0 aromatic rings. The standard InChI is InChI=1S/C10H17NO5/c1-7(2)5-16-9(14)11-10(8(12)13)3-4-15-6-10/h7H,3-6H2,1-2H3,(H,11,14)(H,12,13). The average molecular weight is 231 g/mol. The molecule has 0 aromatic carbocycles. The predicted molar refractivity (Wildman–Crippen MR) is 55.1 cm³/mol. The summed E-state index contributed by atoms with van der Waals surface area (Å²) in [7, 11) is 0. The number of nitrogens with one attached hydrogen (secondary N) is 1. The number of alkyl carbamates (subject to hydrolysis) is 1. The van der Waals surface area contributed by atoms with Crippen LogP contribution in [-0.4, -0.2) is 42.5 Å². The summed E-state index contributed by atoms with van der Waals surface area (Å²) in [6, 6.07) is 0. The number of carboxylic acids is 1. The quantitative estimate of drug-likeness (QED) is 0.740. The maximum atomic E-state index is 11.4. The lowest BCUT2D eigenvalue weighted by Crippen LogP contribution is -2.55. The zero-order valence-electron chi connectivity index (χ0n) is 9.49. The zero-order valence-corrected chi connectivity index (χ0v) is 9.49. The highest BCUT2D eigenvalue weighted by molar-refractivity contribution is 5.84. The SMILES string of the molecule is CC(C)COC(=O)NC1(C(=O)O)CCOC1. The van der Waals surface area contributed by atoms with E-state index in [0.717, 1.165) is 0 Å². The molecular weight excluding hydrogens is 214 g/mol. The van der Waals surface area contributed by atoms with Crippen molar-refractivity contribution in [1.29, 1.82) is 0 Å². The van der Waals surface area contributed by atoms with E-state index in [1.54, 1.807) is 0 Å². The van der Waals surface area contributed by atoms with Crippen LogP contribution in [0.15, 0.2) is 0 Å². The van der Waals surface area contributed by atoms with Gasteiger partial charge < -0.3 is 19.9 Å². The first kappa shape index (κ1) is 12.8. The molecule has 1 atom stereocenters. The first-order valence-corrected chi connectivity index (χ1v) is 5.22. The molecule has 1 amide bonds. The molecule has 1 rings (SSSR count). The highest BCUT2D eigenvalue weighted by Crippen LogP contribution is 2.19. The number of carbonyl (C=O) groups excluding carboxylic acids is 1. The highest BCUT2D eigenvalue weighted by atomic mass is 16.6. The Kier molecular flexibility index (Phi) is 4.12. The van der Waals surface area contributed by atoms with Crippen molar-refractivity contribution in [3.8, 4) is 0 Å². The van der Waals surface area contributed by atoms with Gasteiger partial charge in [-0.1, -0.05) is 13.8 Å². The minimum atomic E-state index is -1.33. The lowest BCUT2D eigenvalue weighted by atomic mass is 10.00. The van der Waals surface area contributed by atoms with Gasteiger partial charge in [0, 0.05) is 13.0 Å². The number of carbonyl (C=O) groups is 2. The van der Waals surface area contributed by atoms with Crippen molar-refractivity contribution < 1.29 is 24.2 Å². The molecule has 1 heterocycles. The number of ether oxygens (including phenoxy) is 2. The van der Waals surface area contributed by atoms with Crippen molar-refractivity contribution in [2.24, 2.45) is 5.92 Å². The molecule has 0 radical (unpaired) electrons. The number of hydrogen-bond donors (Lipinski definition) is 2. The molecule has 1 aliphatic rings. The highest BCUT2D eigenvalue weighted by Gasteiger charge is 2.44. The molecule has 16 heavy (non-hydrogen) atoms. The van der Waals surface area contributed by atoms with Crippen LogP contribution in [0.3, 0.4) is 0 Å². The fourth-order valence-corrected chi connectivity index (χ4v) is 1.36. The van der Waals surface area contributed by atoms with Crippen molar-refractivity contribution in [3.05, 3.63) is 0 Å². The fraction of sp³-hybridized carbons (Fsp3) is 0.800. The Morgan fingerprint density at radius 1 is 1.56 bits per heavy atom. The van der Waals surface area contributed by atoms with E-state index in [2.05, 4.69) is 5.32 Å². The Bertz CT molecular complexity index is 270. The Morgan fingerprint density at radius 2 is 2.25 bits per heavy atom. The summed E-state index contributed by atoms with van der Waals surface area (Å²) in [6.45, 7) is 4.39. The first-order valence-electron chi connectivity index (χ1n) is 5.22. The predicted octanol–water partition coefficient (Wildman–Crippen LogP) is 0.612. The van der Waals surface area contributed by atoms with Gasteiger partial charge in [-0.15, -0.1) is 0 Å². The molecule has 0 saturated carbocycles. The van der Waals surface area contributed by atoms with Gasteiger partial charge in [-0.25, -0.2) is 9.59 Å². The Morgan fingerprint density at radius 3 is 2.69 bits per heavy atom. The smallest absolute Gasteiger partial charge is 0.408 e. The largest absolute Gasteiger partial charge is 0.479 e. The van der Waals surface area contributed by atoms with Crippen LogP contribution < -0.4 is 5.32 Å². The van der Waals surface area contributed by atoms with E-state index in [1.807, 2.05) is 13.8 Å². The summed E-state index contributed by atoms with van der Waals surface area (Å²) in [4.78, 5) is 22.4. The van der Waals surface area contributed by atoms with Gasteiger partial charge in [-0.3, -0.25) is 0 Å². The molecule has 2 N–H and O–H groups in total. The van der Waals surface area contributed by atoms with Crippen LogP contribution >= 0.6 is 0 Å². The molecule has 1 unspecified atom stereocenters. The van der Waals surface area contributed by atoms with Crippen molar-refractivity contribution in [2.45, 2.75) is 25.8 Å². The number of aliphatic carboxylic acids is 1. The van der Waals surface area contributed by atoms with Gasteiger partial charge in [0.1, 0.15) is 0 Å². The molecule has 0 spiro atoms. The summed E-state index contributed by atoms with van der Waals surface area (Å²) < 4.78 is 9.87. The molecular formula is C10H17NO5. The van der Waals surface area contributed by atoms with Gasteiger partial charge in [0.15, 0.2) is 5.54 Å². The molecule has 6 heteroatoms. The van der Waals surface area contributed by atoms with Crippen LogP contribution in [0.25, 0.3) is 0 Å². The third-order valence-electron chi connectivity index (χ3n) is 2.32. The van der Waals surface area contributed by atoms with Crippen LogP contribution in [-0.2, 0) is 14.3 Å². The average Bonchev–Trinajstić information content (AvgIpc) is 2.64. The van der Waals surface area contributed by atoms with E-state index in [4.69, 9.17) is 14.6 Å². The normalized spacial score (nSPS) is 24.4. The van der Waals surface area contributed by atoms with Gasteiger partial charge in [0.2, 0.25) is 0 Å². The first-order chi connectivity index (χ1) is 7.46. The summed E-state index contributed by atoms with van der Waals surface area (Å²) in [6.07, 6.45) is -0.444. The van der Waals surface area contributed by atoms with E-state index in [-0.39, 0.29) is 25.6 Å². The number of amides is 1. The van der Waals surface area contributed by atoms with E-state index in [0.29, 0.717) is 6.61 Å². The van der Waals surface area contributed by atoms with Crippen molar-refractivity contribution in [1.82, 2.24) is 5.32 Å². The zero-order chi connectivity index (χ0) is 12.2. The Hall–Kier alpha value is -1.30. The van der Waals surface area contributed by atoms with Gasteiger partial charge in [-0.05, 0) is 5.92 Å². The van der Waals surface area contributed by atoms with Gasteiger partial charge in [0.05, 0.1) is 13.2 Å². The van der Waals surface area contributed by atoms with Crippen LogP contribution in [0.2, 0.25) is 0 Å². The van der Waals surface area contributed by atoms with E-state index < -0.39 is 17.6 Å². The van der Waals surface area contributed by atoms with E-state index >= 15 is 0 Å². The summed E-state index contributed by atoms with van der Waals surface area (Å²) in [5, 5.41) is 11.4. The van der Waals surface area contributed by atoms with Gasteiger partial charge >= 0.3 is 12.1 Å². The van der Waals surface area contributed by atoms with Crippen LogP contribution in [0.5, 0.6) is 0 Å². The van der Waals surface area contributed by atoms with Crippen molar-refractivity contribution in [3.63, 3.8) is 0 Å². The topological polar surface area (TPSA) is 84.9 Å². The lowest BCUT2D eigenvalue weighted by molar-refractivity contribution is -0.144. The second-order valence-corrected chi connectivity index (χ2v) is 4.31. The fourth-order valence-electron chi connectivity index (χ4n) is 1.36.